The lowest BCUT2D eigenvalue weighted by atomic mass is 9.95. The molecule has 25 heavy (non-hydrogen) atoms. The number of amides is 1. The van der Waals surface area contributed by atoms with Crippen molar-refractivity contribution in [2.75, 3.05) is 0 Å². The molecule has 5 heteroatoms. The molecule has 0 aromatic carbocycles. The maximum absolute atomic E-state index is 12.6. The van der Waals surface area contributed by atoms with Crippen LogP contribution in [0.1, 0.15) is 71.4 Å². The minimum absolute atomic E-state index is 0.139. The molecule has 2 aliphatic heterocycles. The average Bonchev–Trinajstić information content (AvgIpc) is 2.83. The van der Waals surface area contributed by atoms with Gasteiger partial charge in [-0.3, -0.25) is 4.98 Å². The summed E-state index contributed by atoms with van der Waals surface area (Å²) < 4.78 is 5.62. The van der Waals surface area contributed by atoms with E-state index in [1.54, 1.807) is 0 Å². The van der Waals surface area contributed by atoms with Crippen LogP contribution in [0, 0.1) is 0 Å². The van der Waals surface area contributed by atoms with Crippen LogP contribution < -0.4 is 5.32 Å². The molecule has 1 unspecified atom stereocenters. The number of fused-ring (bicyclic) bond motifs is 2. The van der Waals surface area contributed by atoms with Crippen molar-refractivity contribution in [1.29, 1.82) is 0 Å². The Hall–Kier alpha value is -1.62. The van der Waals surface area contributed by atoms with Gasteiger partial charge in [0.2, 0.25) is 0 Å². The van der Waals surface area contributed by atoms with E-state index in [2.05, 4.69) is 29.4 Å². The van der Waals surface area contributed by atoms with Crippen molar-refractivity contribution in [1.82, 2.24) is 15.2 Å². The molecule has 3 heterocycles. The first-order valence-corrected chi connectivity index (χ1v) is 9.54. The van der Waals surface area contributed by atoms with Crippen molar-refractivity contribution in [3.8, 4) is 0 Å². The highest BCUT2D eigenvalue weighted by Gasteiger charge is 2.45. The van der Waals surface area contributed by atoms with E-state index in [0.29, 0.717) is 24.2 Å². The van der Waals surface area contributed by atoms with E-state index >= 15 is 0 Å². The second-order valence-electron chi connectivity index (χ2n) is 8.35. The SMILES string of the molecule is CC[C@H](NC1C[C@H]2CC[C@@H](C1)N2C(=O)OC(C)(C)C)c1ccncc1. The largest absolute Gasteiger partial charge is 0.444 e. The van der Waals surface area contributed by atoms with Crippen LogP contribution in [-0.2, 0) is 4.74 Å². The second-order valence-corrected chi connectivity index (χ2v) is 8.35. The van der Waals surface area contributed by atoms with Gasteiger partial charge >= 0.3 is 6.09 Å². The number of ether oxygens (including phenoxy) is 1. The summed E-state index contributed by atoms with van der Waals surface area (Å²) >= 11 is 0. The summed E-state index contributed by atoms with van der Waals surface area (Å²) in [6, 6.07) is 5.59. The van der Waals surface area contributed by atoms with Gasteiger partial charge in [-0.25, -0.2) is 4.79 Å². The van der Waals surface area contributed by atoms with Crippen molar-refractivity contribution in [2.45, 2.75) is 89.6 Å². The Morgan fingerprint density at radius 2 is 1.88 bits per heavy atom. The number of hydrogen-bond donors (Lipinski definition) is 1. The molecule has 0 radical (unpaired) electrons. The molecule has 1 aromatic rings. The number of aromatic nitrogens is 1. The van der Waals surface area contributed by atoms with Crippen LogP contribution in [0.15, 0.2) is 24.5 Å². The lowest BCUT2D eigenvalue weighted by molar-refractivity contribution is 0.00423. The van der Waals surface area contributed by atoms with Crippen molar-refractivity contribution in [3.05, 3.63) is 30.1 Å². The minimum atomic E-state index is -0.430. The zero-order valence-corrected chi connectivity index (χ0v) is 15.9. The smallest absolute Gasteiger partial charge is 0.410 e. The quantitative estimate of drug-likeness (QED) is 0.894. The standard InChI is InChI=1S/C20H31N3O2/c1-5-18(14-8-10-21-11-9-14)22-15-12-16-6-7-17(13-15)23(16)19(24)25-20(2,3)4/h8-11,15-18,22H,5-7,12-13H2,1-4H3/t15?,16-,17+,18-/m0/s1. The van der Waals surface area contributed by atoms with E-state index in [4.69, 9.17) is 4.74 Å². The van der Waals surface area contributed by atoms with Crippen LogP contribution >= 0.6 is 0 Å². The van der Waals surface area contributed by atoms with Crippen LogP contribution in [0.2, 0.25) is 0 Å². The number of nitrogens with zero attached hydrogens (tertiary/aromatic N) is 2. The lowest BCUT2D eigenvalue weighted by Crippen LogP contribution is -2.53. The second kappa shape index (κ2) is 7.32. The average molecular weight is 345 g/mol. The highest BCUT2D eigenvalue weighted by molar-refractivity contribution is 5.69. The molecule has 2 aliphatic rings. The fourth-order valence-electron chi connectivity index (χ4n) is 4.26. The third-order valence-electron chi connectivity index (χ3n) is 5.29. The molecule has 1 amide bonds. The molecular weight excluding hydrogens is 314 g/mol. The monoisotopic (exact) mass is 345 g/mol. The summed E-state index contributed by atoms with van der Waals surface area (Å²) in [5, 5.41) is 3.82. The number of pyridine rings is 1. The maximum Gasteiger partial charge on any atom is 0.410 e. The van der Waals surface area contributed by atoms with Gasteiger partial charge in [-0.2, -0.15) is 0 Å². The zero-order valence-electron chi connectivity index (χ0n) is 15.9. The summed E-state index contributed by atoms with van der Waals surface area (Å²) in [7, 11) is 0. The van der Waals surface area contributed by atoms with Gasteiger partial charge in [0.25, 0.3) is 0 Å². The van der Waals surface area contributed by atoms with E-state index in [1.807, 2.05) is 38.1 Å². The van der Waals surface area contributed by atoms with Crippen LogP contribution in [0.5, 0.6) is 0 Å². The van der Waals surface area contributed by atoms with Gasteiger partial charge < -0.3 is 15.0 Å². The number of nitrogens with one attached hydrogen (secondary N) is 1. The van der Waals surface area contributed by atoms with E-state index in [0.717, 1.165) is 32.1 Å². The zero-order chi connectivity index (χ0) is 18.0. The Morgan fingerprint density at radius 3 is 2.40 bits per heavy atom. The molecule has 2 bridgehead atoms. The Bertz CT molecular complexity index is 570. The van der Waals surface area contributed by atoms with Gasteiger partial charge in [0.15, 0.2) is 0 Å². The first-order valence-electron chi connectivity index (χ1n) is 9.54. The number of carbonyl (C=O) groups is 1. The summed E-state index contributed by atoms with van der Waals surface area (Å²) in [6.45, 7) is 8.01. The fraction of sp³-hybridized carbons (Fsp3) is 0.700. The molecule has 3 rings (SSSR count). The number of rotatable bonds is 4. The Kier molecular flexibility index (Phi) is 5.32. The van der Waals surface area contributed by atoms with E-state index < -0.39 is 5.60 Å². The van der Waals surface area contributed by atoms with E-state index in [9.17, 15) is 4.79 Å². The summed E-state index contributed by atoms with van der Waals surface area (Å²) in [4.78, 5) is 18.7. The van der Waals surface area contributed by atoms with Crippen LogP contribution in [0.4, 0.5) is 4.79 Å². The highest BCUT2D eigenvalue weighted by atomic mass is 16.6. The number of hydrogen-bond acceptors (Lipinski definition) is 4. The molecule has 2 saturated heterocycles. The molecule has 1 aromatic heterocycles. The predicted molar refractivity (Wildman–Crippen MR) is 98.3 cm³/mol. The maximum atomic E-state index is 12.6. The number of carbonyl (C=O) groups excluding carboxylic acids is 1. The van der Waals surface area contributed by atoms with Crippen LogP contribution in [0.3, 0.4) is 0 Å². The minimum Gasteiger partial charge on any atom is -0.444 e. The first kappa shape index (κ1) is 18.2. The van der Waals surface area contributed by atoms with Gasteiger partial charge in [0, 0.05) is 36.6 Å². The lowest BCUT2D eigenvalue weighted by Gasteiger charge is -2.40. The van der Waals surface area contributed by atoms with Crippen LogP contribution in [-0.4, -0.2) is 39.7 Å². The molecule has 0 saturated carbocycles. The predicted octanol–water partition coefficient (Wildman–Crippen LogP) is 4.05. The van der Waals surface area contributed by atoms with Gasteiger partial charge in [-0.15, -0.1) is 0 Å². The normalized spacial score (nSPS) is 27.2. The van der Waals surface area contributed by atoms with Gasteiger partial charge in [0.05, 0.1) is 0 Å². The Labute approximate surface area is 151 Å². The summed E-state index contributed by atoms with van der Waals surface area (Å²) in [6.07, 6.45) is 8.82. The van der Waals surface area contributed by atoms with Crippen molar-refractivity contribution in [3.63, 3.8) is 0 Å². The van der Waals surface area contributed by atoms with Crippen molar-refractivity contribution >= 4 is 6.09 Å². The Balaban J connectivity index is 1.62. The molecule has 138 valence electrons. The molecule has 0 aliphatic carbocycles. The molecule has 0 spiro atoms. The van der Waals surface area contributed by atoms with Gasteiger partial charge in [0.1, 0.15) is 5.60 Å². The van der Waals surface area contributed by atoms with E-state index in [1.165, 1.54) is 5.56 Å². The van der Waals surface area contributed by atoms with Crippen LogP contribution in [0.25, 0.3) is 0 Å². The van der Waals surface area contributed by atoms with Gasteiger partial charge in [-0.1, -0.05) is 6.92 Å². The third kappa shape index (κ3) is 4.32. The first-order chi connectivity index (χ1) is 11.9. The molecule has 2 fully saturated rings. The van der Waals surface area contributed by atoms with E-state index in [-0.39, 0.29) is 6.09 Å². The van der Waals surface area contributed by atoms with Gasteiger partial charge in [-0.05, 0) is 70.6 Å². The third-order valence-corrected chi connectivity index (χ3v) is 5.29. The van der Waals surface area contributed by atoms with Crippen molar-refractivity contribution < 1.29 is 9.53 Å². The topological polar surface area (TPSA) is 54.5 Å². The van der Waals surface area contributed by atoms with Crippen molar-refractivity contribution in [2.24, 2.45) is 0 Å². The molecular formula is C20H31N3O2. The molecule has 5 nitrogen and oxygen atoms in total. The Morgan fingerprint density at radius 1 is 1.28 bits per heavy atom. The molecule has 1 N–H and O–H groups in total. The fourth-order valence-corrected chi connectivity index (χ4v) is 4.26. The summed E-state index contributed by atoms with van der Waals surface area (Å²) in [5.74, 6) is 0. The summed E-state index contributed by atoms with van der Waals surface area (Å²) in [5.41, 5.74) is 0.861. The molecule has 4 atom stereocenters. The highest BCUT2D eigenvalue weighted by Crippen LogP contribution is 2.37. The number of piperidine rings is 1.